The SMILES string of the molecule is COc1c2c(cc3c1C(C(=O)c1c[nH]c4ccccc14)=CN(C)CC3)OCO2. The molecule has 0 aliphatic carbocycles. The Bertz CT molecular complexity index is 1130. The van der Waals surface area contributed by atoms with Crippen LogP contribution in [0.4, 0.5) is 0 Å². The van der Waals surface area contributed by atoms with E-state index in [1.807, 2.05) is 48.5 Å². The number of allylic oxidation sites excluding steroid dienone is 1. The Balaban J connectivity index is 1.73. The van der Waals surface area contributed by atoms with Crippen molar-refractivity contribution in [1.82, 2.24) is 9.88 Å². The average Bonchev–Trinajstić information content (AvgIpc) is 3.31. The van der Waals surface area contributed by atoms with Crippen LogP contribution in [0.25, 0.3) is 16.5 Å². The number of likely N-dealkylation sites (N-methyl/N-ethyl adjacent to an activating group) is 1. The van der Waals surface area contributed by atoms with Crippen molar-refractivity contribution < 1.29 is 19.0 Å². The summed E-state index contributed by atoms with van der Waals surface area (Å²) in [5, 5.41) is 0.904. The first-order valence-electron chi connectivity index (χ1n) is 9.20. The number of ether oxygens (including phenoxy) is 3. The fourth-order valence-electron chi connectivity index (χ4n) is 3.97. The molecule has 28 heavy (non-hydrogen) atoms. The quantitative estimate of drug-likeness (QED) is 0.708. The number of methoxy groups -OCH3 is 1. The molecule has 0 fully saturated rings. The number of fused-ring (bicyclic) bond motifs is 3. The number of aromatic nitrogens is 1. The third-order valence-corrected chi connectivity index (χ3v) is 5.34. The molecule has 5 rings (SSSR count). The number of carbonyl (C=O) groups is 1. The smallest absolute Gasteiger partial charge is 0.231 e. The second-order valence-electron chi connectivity index (χ2n) is 7.03. The minimum absolute atomic E-state index is 0.0513. The van der Waals surface area contributed by atoms with Gasteiger partial charge in [0.05, 0.1) is 7.11 Å². The number of nitrogens with one attached hydrogen (secondary N) is 1. The summed E-state index contributed by atoms with van der Waals surface area (Å²) >= 11 is 0. The van der Waals surface area contributed by atoms with Crippen LogP contribution in [-0.4, -0.2) is 43.2 Å². The fourth-order valence-corrected chi connectivity index (χ4v) is 3.97. The van der Waals surface area contributed by atoms with Crippen LogP contribution in [0.1, 0.15) is 21.5 Å². The van der Waals surface area contributed by atoms with E-state index in [2.05, 4.69) is 4.98 Å². The monoisotopic (exact) mass is 376 g/mol. The van der Waals surface area contributed by atoms with E-state index in [0.717, 1.165) is 35.0 Å². The number of nitrogens with zero attached hydrogens (tertiary/aromatic N) is 1. The maximum Gasteiger partial charge on any atom is 0.231 e. The topological polar surface area (TPSA) is 63.8 Å². The predicted molar refractivity (Wildman–Crippen MR) is 106 cm³/mol. The third-order valence-electron chi connectivity index (χ3n) is 5.34. The number of carbonyl (C=O) groups excluding carboxylic acids is 1. The van der Waals surface area contributed by atoms with Gasteiger partial charge in [0.15, 0.2) is 17.3 Å². The van der Waals surface area contributed by atoms with Gasteiger partial charge < -0.3 is 24.1 Å². The van der Waals surface area contributed by atoms with Crippen LogP contribution in [0.15, 0.2) is 42.7 Å². The zero-order valence-electron chi connectivity index (χ0n) is 15.7. The largest absolute Gasteiger partial charge is 0.492 e. The molecule has 1 aromatic heterocycles. The Morgan fingerprint density at radius 2 is 2.11 bits per heavy atom. The summed E-state index contributed by atoms with van der Waals surface area (Å²) in [5.41, 5.74) is 3.97. The Labute approximate surface area is 162 Å². The van der Waals surface area contributed by atoms with Gasteiger partial charge in [0, 0.05) is 53.6 Å². The van der Waals surface area contributed by atoms with Gasteiger partial charge in [0.2, 0.25) is 12.5 Å². The van der Waals surface area contributed by atoms with Crippen molar-refractivity contribution in [1.29, 1.82) is 0 Å². The molecule has 0 saturated heterocycles. The first-order chi connectivity index (χ1) is 13.7. The van der Waals surface area contributed by atoms with Crippen molar-refractivity contribution in [2.45, 2.75) is 6.42 Å². The number of para-hydroxylation sites is 1. The van der Waals surface area contributed by atoms with Gasteiger partial charge in [-0.3, -0.25) is 4.79 Å². The number of hydrogen-bond acceptors (Lipinski definition) is 5. The van der Waals surface area contributed by atoms with Crippen molar-refractivity contribution in [2.75, 3.05) is 27.5 Å². The summed E-state index contributed by atoms with van der Waals surface area (Å²) in [7, 11) is 3.57. The molecule has 142 valence electrons. The van der Waals surface area contributed by atoms with E-state index in [9.17, 15) is 4.79 Å². The average molecular weight is 376 g/mol. The van der Waals surface area contributed by atoms with E-state index in [4.69, 9.17) is 14.2 Å². The lowest BCUT2D eigenvalue weighted by Crippen LogP contribution is -2.13. The van der Waals surface area contributed by atoms with Crippen LogP contribution in [-0.2, 0) is 6.42 Å². The highest BCUT2D eigenvalue weighted by Crippen LogP contribution is 2.48. The van der Waals surface area contributed by atoms with Gasteiger partial charge >= 0.3 is 0 Å². The van der Waals surface area contributed by atoms with Gasteiger partial charge in [-0.2, -0.15) is 0 Å². The number of rotatable bonds is 3. The van der Waals surface area contributed by atoms with E-state index in [0.29, 0.717) is 28.4 Å². The zero-order valence-corrected chi connectivity index (χ0v) is 15.7. The molecule has 0 bridgehead atoms. The molecule has 0 amide bonds. The minimum atomic E-state index is -0.0513. The minimum Gasteiger partial charge on any atom is -0.492 e. The van der Waals surface area contributed by atoms with Crippen molar-refractivity contribution in [2.24, 2.45) is 0 Å². The second-order valence-corrected chi connectivity index (χ2v) is 7.03. The number of benzene rings is 2. The van der Waals surface area contributed by atoms with Gasteiger partial charge in [0.1, 0.15) is 0 Å². The van der Waals surface area contributed by atoms with Crippen LogP contribution in [0.2, 0.25) is 0 Å². The van der Waals surface area contributed by atoms with Crippen LogP contribution in [0.3, 0.4) is 0 Å². The normalized spacial score (nSPS) is 15.2. The first kappa shape index (κ1) is 16.7. The van der Waals surface area contributed by atoms with E-state index in [1.54, 1.807) is 13.3 Å². The van der Waals surface area contributed by atoms with E-state index in [1.165, 1.54) is 0 Å². The van der Waals surface area contributed by atoms with E-state index in [-0.39, 0.29) is 12.6 Å². The fraction of sp³-hybridized carbons (Fsp3) is 0.227. The van der Waals surface area contributed by atoms with Crippen molar-refractivity contribution >= 4 is 22.3 Å². The summed E-state index contributed by atoms with van der Waals surface area (Å²) in [6.07, 6.45) is 4.46. The highest BCUT2D eigenvalue weighted by molar-refractivity contribution is 6.33. The third kappa shape index (κ3) is 2.45. The molecule has 2 aliphatic rings. The van der Waals surface area contributed by atoms with Gasteiger partial charge in [-0.1, -0.05) is 18.2 Å². The molecule has 6 heteroatoms. The van der Waals surface area contributed by atoms with Crippen LogP contribution >= 0.6 is 0 Å². The predicted octanol–water partition coefficient (Wildman–Crippen LogP) is 3.62. The molecule has 1 N–H and O–H groups in total. The summed E-state index contributed by atoms with van der Waals surface area (Å²) < 4.78 is 16.9. The highest BCUT2D eigenvalue weighted by Gasteiger charge is 2.31. The zero-order chi connectivity index (χ0) is 19.3. The summed E-state index contributed by atoms with van der Waals surface area (Å²) in [6, 6.07) is 9.78. The summed E-state index contributed by atoms with van der Waals surface area (Å²) in [5.74, 6) is 1.73. The van der Waals surface area contributed by atoms with E-state index < -0.39 is 0 Å². The molecule has 2 aromatic carbocycles. The van der Waals surface area contributed by atoms with Crippen LogP contribution in [0, 0.1) is 0 Å². The first-order valence-corrected chi connectivity index (χ1v) is 9.20. The highest BCUT2D eigenvalue weighted by atomic mass is 16.7. The number of H-pyrrole nitrogens is 1. The lowest BCUT2D eigenvalue weighted by Gasteiger charge is -2.16. The Hall–Kier alpha value is -3.41. The van der Waals surface area contributed by atoms with Crippen molar-refractivity contribution in [3.05, 3.63) is 59.4 Å². The summed E-state index contributed by atoms with van der Waals surface area (Å²) in [6.45, 7) is 0.949. The maximum atomic E-state index is 13.7. The van der Waals surface area contributed by atoms with Gasteiger partial charge in [0.25, 0.3) is 0 Å². The van der Waals surface area contributed by atoms with Crippen LogP contribution in [0.5, 0.6) is 17.2 Å². The molecular weight excluding hydrogens is 356 g/mol. The summed E-state index contributed by atoms with van der Waals surface area (Å²) in [4.78, 5) is 18.9. The van der Waals surface area contributed by atoms with Gasteiger partial charge in [-0.15, -0.1) is 0 Å². The van der Waals surface area contributed by atoms with Crippen molar-refractivity contribution in [3.8, 4) is 17.2 Å². The molecule has 0 saturated carbocycles. The molecule has 3 aromatic rings. The molecular formula is C22H20N2O4. The lowest BCUT2D eigenvalue weighted by atomic mass is 9.91. The molecule has 6 nitrogen and oxygen atoms in total. The van der Waals surface area contributed by atoms with Crippen molar-refractivity contribution in [3.63, 3.8) is 0 Å². The maximum absolute atomic E-state index is 13.7. The van der Waals surface area contributed by atoms with Gasteiger partial charge in [-0.25, -0.2) is 0 Å². The Morgan fingerprint density at radius 3 is 2.96 bits per heavy atom. The van der Waals surface area contributed by atoms with E-state index >= 15 is 0 Å². The number of ketones is 1. The number of Topliss-reactive ketones (excluding diaryl/α,β-unsaturated/α-hetero) is 1. The lowest BCUT2D eigenvalue weighted by molar-refractivity contribution is 0.105. The standard InChI is InChI=1S/C22H20N2O4/c1-24-8-7-13-9-18-21(28-12-27-18)22(26-2)19(13)16(11-24)20(25)15-10-23-17-6-4-3-5-14(15)17/h3-6,9-11,23H,7-8,12H2,1-2H3. The van der Waals surface area contributed by atoms with Gasteiger partial charge in [-0.05, 0) is 24.1 Å². The second kappa shape index (κ2) is 6.34. The number of aromatic amines is 1. The molecule has 2 aliphatic heterocycles. The number of hydrogen-bond donors (Lipinski definition) is 1. The Morgan fingerprint density at radius 1 is 1.25 bits per heavy atom. The Kier molecular flexibility index (Phi) is 3.79. The molecule has 3 heterocycles. The van der Waals surface area contributed by atoms with Crippen LogP contribution < -0.4 is 14.2 Å². The molecule has 0 radical (unpaired) electrons. The molecule has 0 spiro atoms. The molecule has 0 atom stereocenters. The molecule has 0 unspecified atom stereocenters.